The van der Waals surface area contributed by atoms with Crippen molar-refractivity contribution in [3.8, 4) is 50.2 Å². The van der Waals surface area contributed by atoms with Crippen molar-refractivity contribution in [2.45, 2.75) is 0 Å². The zero-order valence-corrected chi connectivity index (χ0v) is 30.2. The van der Waals surface area contributed by atoms with Crippen molar-refractivity contribution in [2.75, 3.05) is 0 Å². The Morgan fingerprint density at radius 3 is 1.52 bits per heavy atom. The van der Waals surface area contributed by atoms with Crippen molar-refractivity contribution in [1.82, 2.24) is 4.57 Å². The number of para-hydroxylation sites is 1. The molecule has 11 rings (SSSR count). The first-order valence-electron chi connectivity index (χ1n) is 18.5. The molecule has 0 spiro atoms. The van der Waals surface area contributed by atoms with E-state index in [1.807, 2.05) is 11.3 Å². The monoisotopic (exact) mass is 703 g/mol. The third kappa shape index (κ3) is 4.99. The van der Waals surface area contributed by atoms with Crippen molar-refractivity contribution >= 4 is 64.1 Å². The molecule has 0 aliphatic rings. The summed E-state index contributed by atoms with van der Waals surface area (Å²) >= 11 is 1.91. The average Bonchev–Trinajstić information content (AvgIpc) is 3.78. The van der Waals surface area contributed by atoms with Gasteiger partial charge in [0, 0.05) is 42.0 Å². The molecule has 0 aliphatic carbocycles. The zero-order chi connectivity index (χ0) is 35.6. The van der Waals surface area contributed by atoms with Crippen LogP contribution in [-0.2, 0) is 0 Å². The van der Waals surface area contributed by atoms with Gasteiger partial charge in [-0.1, -0.05) is 152 Å². The molecule has 0 fully saturated rings. The average molecular weight is 704 g/mol. The molecule has 0 aliphatic heterocycles. The van der Waals surface area contributed by atoms with Crippen LogP contribution in [0.5, 0.6) is 0 Å². The highest BCUT2D eigenvalue weighted by Crippen LogP contribution is 2.46. The van der Waals surface area contributed by atoms with Crippen LogP contribution in [0.15, 0.2) is 200 Å². The molecule has 54 heavy (non-hydrogen) atoms. The minimum atomic E-state index is 1.16. The molecule has 11 aromatic rings. The number of rotatable bonds is 5. The molecule has 2 aromatic heterocycles. The van der Waals surface area contributed by atoms with Crippen LogP contribution >= 0.6 is 11.3 Å². The van der Waals surface area contributed by atoms with E-state index in [0.29, 0.717) is 0 Å². The Morgan fingerprint density at radius 2 is 0.833 bits per heavy atom. The fourth-order valence-electron chi connectivity index (χ4n) is 8.41. The van der Waals surface area contributed by atoms with Crippen LogP contribution in [-0.4, -0.2) is 4.57 Å². The first-order chi connectivity index (χ1) is 26.8. The molecule has 2 heterocycles. The molecular weight excluding hydrogens is 671 g/mol. The zero-order valence-electron chi connectivity index (χ0n) is 29.4. The van der Waals surface area contributed by atoms with Gasteiger partial charge in [0.2, 0.25) is 0 Å². The van der Waals surface area contributed by atoms with Gasteiger partial charge in [-0.25, -0.2) is 0 Å². The van der Waals surface area contributed by atoms with E-state index in [9.17, 15) is 0 Å². The molecular formula is C52H33NS. The van der Waals surface area contributed by atoms with E-state index < -0.39 is 0 Å². The molecule has 1 nitrogen and oxygen atoms in total. The van der Waals surface area contributed by atoms with Gasteiger partial charge in [-0.15, -0.1) is 11.3 Å². The third-order valence-electron chi connectivity index (χ3n) is 10.9. The number of thiophene rings is 1. The lowest BCUT2D eigenvalue weighted by atomic mass is 9.93. The highest BCUT2D eigenvalue weighted by Gasteiger charge is 2.19. The predicted molar refractivity (Wildman–Crippen MR) is 233 cm³/mol. The smallest absolute Gasteiger partial charge is 0.0555 e. The Morgan fingerprint density at radius 1 is 0.296 bits per heavy atom. The molecule has 0 unspecified atom stereocenters. The van der Waals surface area contributed by atoms with Gasteiger partial charge in [-0.05, 0) is 98.4 Å². The summed E-state index contributed by atoms with van der Waals surface area (Å²) in [5, 5.41) is 7.73. The molecule has 9 aromatic carbocycles. The maximum atomic E-state index is 2.48. The number of hydrogen-bond acceptors (Lipinski definition) is 1. The van der Waals surface area contributed by atoms with Crippen molar-refractivity contribution in [2.24, 2.45) is 0 Å². The quantitative estimate of drug-likeness (QED) is 0.168. The van der Waals surface area contributed by atoms with Crippen molar-refractivity contribution in [3.05, 3.63) is 200 Å². The second-order valence-electron chi connectivity index (χ2n) is 14.1. The number of nitrogens with zero attached hydrogens (tertiary/aromatic N) is 1. The summed E-state index contributed by atoms with van der Waals surface area (Å²) in [5.41, 5.74) is 13.4. The summed E-state index contributed by atoms with van der Waals surface area (Å²) in [6.07, 6.45) is 0. The van der Waals surface area contributed by atoms with Crippen molar-refractivity contribution in [3.63, 3.8) is 0 Å². The normalized spacial score (nSPS) is 11.7. The number of fused-ring (bicyclic) bond motifs is 8. The summed E-state index contributed by atoms with van der Waals surface area (Å²) in [6.45, 7) is 0. The third-order valence-corrected chi connectivity index (χ3v) is 12.1. The first kappa shape index (κ1) is 30.8. The van der Waals surface area contributed by atoms with Crippen LogP contribution < -0.4 is 0 Å². The van der Waals surface area contributed by atoms with Gasteiger partial charge in [0.1, 0.15) is 0 Å². The molecule has 0 saturated carbocycles. The summed E-state index contributed by atoms with van der Waals surface area (Å²) in [5.74, 6) is 0. The van der Waals surface area contributed by atoms with Gasteiger partial charge >= 0.3 is 0 Å². The Bertz CT molecular complexity index is 3130. The lowest BCUT2D eigenvalue weighted by Crippen LogP contribution is -1.96. The van der Waals surface area contributed by atoms with E-state index in [2.05, 4.69) is 205 Å². The minimum absolute atomic E-state index is 1.16. The molecule has 252 valence electrons. The molecule has 0 atom stereocenters. The van der Waals surface area contributed by atoms with Crippen molar-refractivity contribution in [1.29, 1.82) is 0 Å². The Labute approximate surface area is 317 Å². The van der Waals surface area contributed by atoms with E-state index in [1.54, 1.807) is 0 Å². The van der Waals surface area contributed by atoms with Crippen LogP contribution in [0.1, 0.15) is 0 Å². The summed E-state index contributed by atoms with van der Waals surface area (Å²) in [7, 11) is 0. The predicted octanol–water partition coefficient (Wildman–Crippen LogP) is 15.0. The second kappa shape index (κ2) is 12.4. The Balaban J connectivity index is 1.18. The Hall–Kier alpha value is -6.74. The summed E-state index contributed by atoms with van der Waals surface area (Å²) < 4.78 is 5.11. The first-order valence-corrected chi connectivity index (χ1v) is 19.3. The maximum Gasteiger partial charge on any atom is 0.0555 e. The second-order valence-corrected chi connectivity index (χ2v) is 15.2. The van der Waals surface area contributed by atoms with Gasteiger partial charge in [0.15, 0.2) is 0 Å². The van der Waals surface area contributed by atoms with E-state index >= 15 is 0 Å². The van der Waals surface area contributed by atoms with Gasteiger partial charge in [0.05, 0.1) is 11.0 Å². The van der Waals surface area contributed by atoms with Crippen LogP contribution in [0.3, 0.4) is 0 Å². The highest BCUT2D eigenvalue weighted by molar-refractivity contribution is 7.26. The number of benzene rings is 9. The highest BCUT2D eigenvalue weighted by atomic mass is 32.1. The topological polar surface area (TPSA) is 4.93 Å². The fourth-order valence-corrected chi connectivity index (χ4v) is 9.64. The largest absolute Gasteiger partial charge is 0.309 e. The van der Waals surface area contributed by atoms with E-state index in [4.69, 9.17) is 0 Å². The van der Waals surface area contributed by atoms with E-state index in [-0.39, 0.29) is 0 Å². The van der Waals surface area contributed by atoms with Crippen LogP contribution in [0, 0.1) is 0 Å². The van der Waals surface area contributed by atoms with Crippen molar-refractivity contribution < 1.29 is 0 Å². The van der Waals surface area contributed by atoms with Gasteiger partial charge in [0.25, 0.3) is 0 Å². The number of aromatic nitrogens is 1. The lowest BCUT2D eigenvalue weighted by molar-refractivity contribution is 1.18. The molecule has 0 saturated heterocycles. The standard InChI is InChI=1S/C52H33NS/c1-4-15-34(16-5-1)37-21-14-22-38(27-37)45-31-48-47-32-46-43-24-12-13-26-49(43)53(50(46)33-51(47)54-52(48)44-25-11-10-23-42(44)45)41-29-39(35-17-6-2-7-18-35)28-40(30-41)36-19-8-3-9-20-36/h1-33H. The van der Waals surface area contributed by atoms with Gasteiger partial charge < -0.3 is 4.57 Å². The van der Waals surface area contributed by atoms with Crippen LogP contribution in [0.2, 0.25) is 0 Å². The number of hydrogen-bond donors (Lipinski definition) is 0. The van der Waals surface area contributed by atoms with E-state index in [0.717, 1.165) is 5.69 Å². The van der Waals surface area contributed by atoms with Crippen LogP contribution in [0.4, 0.5) is 0 Å². The SMILES string of the molecule is c1ccc(-c2cccc(-c3cc4c5cc6c7ccccc7n(-c7cc(-c8ccccc8)cc(-c8ccccc8)c7)c6cc5sc4c4ccccc34)c2)cc1. The Kier molecular flexibility index (Phi) is 7.11. The van der Waals surface area contributed by atoms with Gasteiger partial charge in [-0.3, -0.25) is 0 Å². The molecule has 0 bridgehead atoms. The minimum Gasteiger partial charge on any atom is -0.309 e. The molecule has 0 radical (unpaired) electrons. The molecule has 0 amide bonds. The lowest BCUT2D eigenvalue weighted by Gasteiger charge is -2.14. The molecule has 0 N–H and O–H groups in total. The van der Waals surface area contributed by atoms with Crippen LogP contribution in [0.25, 0.3) is 103 Å². The van der Waals surface area contributed by atoms with E-state index in [1.165, 1.54) is 97.3 Å². The summed E-state index contributed by atoms with van der Waals surface area (Å²) in [6, 6.07) is 73.4. The fraction of sp³-hybridized carbons (Fsp3) is 0. The maximum absolute atomic E-state index is 2.48. The van der Waals surface area contributed by atoms with Gasteiger partial charge in [-0.2, -0.15) is 0 Å². The molecule has 2 heteroatoms. The summed E-state index contributed by atoms with van der Waals surface area (Å²) in [4.78, 5) is 0.